The van der Waals surface area contributed by atoms with Crippen LogP contribution in [0.15, 0.2) is 96.8 Å². The Labute approximate surface area is 133 Å². The lowest BCUT2D eigenvalue weighted by Crippen LogP contribution is -2.19. The highest BCUT2D eigenvalue weighted by Crippen LogP contribution is 2.54. The van der Waals surface area contributed by atoms with Crippen molar-refractivity contribution in [3.8, 4) is 0 Å². The molecule has 3 rings (SSSR count). The Hall–Kier alpha value is -2.17. The van der Waals surface area contributed by atoms with Crippen molar-refractivity contribution < 1.29 is 0 Å². The lowest BCUT2D eigenvalue weighted by Gasteiger charge is -2.19. The highest BCUT2D eigenvalue weighted by molar-refractivity contribution is 7.91. The summed E-state index contributed by atoms with van der Waals surface area (Å²) in [5, 5.41) is 2.82. The minimum atomic E-state index is -1.52. The molecule has 3 aromatic rings. The maximum Gasteiger partial charge on any atom is 0.103 e. The van der Waals surface area contributed by atoms with E-state index in [0.29, 0.717) is 0 Å². The topological polar surface area (TPSA) is 0 Å². The van der Waals surface area contributed by atoms with Crippen molar-refractivity contribution in [3.63, 3.8) is 0 Å². The summed E-state index contributed by atoms with van der Waals surface area (Å²) in [6.07, 6.45) is 2.26. The fraction of sp³-hybridized carbons (Fsp3) is 0.0476. The van der Waals surface area contributed by atoms with Crippen molar-refractivity contribution in [3.05, 3.63) is 102 Å². The molecule has 0 saturated carbocycles. The molecule has 0 unspecified atom stereocenters. The molecule has 0 fully saturated rings. The van der Waals surface area contributed by atoms with E-state index in [4.69, 9.17) is 0 Å². The molecule has 0 amide bonds. The van der Waals surface area contributed by atoms with Gasteiger partial charge in [0.2, 0.25) is 0 Å². The summed E-state index contributed by atoms with van der Waals surface area (Å²) in [5.74, 6) is 2.41. The van der Waals surface area contributed by atoms with Gasteiger partial charge in [-0.3, -0.25) is 0 Å². The SMILES string of the molecule is C[P+](/C=C\c1ccccc1)(c1ccccc1)c1ccccc1. The maximum absolute atomic E-state index is 2.41. The van der Waals surface area contributed by atoms with Crippen LogP contribution < -0.4 is 10.6 Å². The van der Waals surface area contributed by atoms with E-state index >= 15 is 0 Å². The molecule has 3 aromatic carbocycles. The van der Waals surface area contributed by atoms with Crippen LogP contribution in [0.2, 0.25) is 0 Å². The predicted octanol–water partition coefficient (Wildman–Crippen LogP) is 4.96. The maximum atomic E-state index is 2.41. The van der Waals surface area contributed by atoms with Crippen LogP contribution in [0.4, 0.5) is 0 Å². The van der Waals surface area contributed by atoms with Crippen LogP contribution in [-0.4, -0.2) is 6.66 Å². The van der Waals surface area contributed by atoms with E-state index < -0.39 is 7.26 Å². The summed E-state index contributed by atoms with van der Waals surface area (Å²) in [6, 6.07) is 32.2. The smallest absolute Gasteiger partial charge is 0.0622 e. The summed E-state index contributed by atoms with van der Waals surface area (Å²) in [5.41, 5.74) is 1.25. The molecule has 0 aliphatic heterocycles. The second-order valence-corrected chi connectivity index (χ2v) is 8.95. The Morgan fingerprint density at radius 2 is 1.00 bits per heavy atom. The number of rotatable bonds is 4. The molecular formula is C21H20P+. The van der Waals surface area contributed by atoms with Crippen molar-refractivity contribution in [2.24, 2.45) is 0 Å². The van der Waals surface area contributed by atoms with Crippen LogP contribution in [0.3, 0.4) is 0 Å². The summed E-state index contributed by atoms with van der Waals surface area (Å²) in [6.45, 7) is 2.39. The van der Waals surface area contributed by atoms with Gasteiger partial charge in [0.25, 0.3) is 0 Å². The first kappa shape index (κ1) is 14.8. The monoisotopic (exact) mass is 303 g/mol. The van der Waals surface area contributed by atoms with Gasteiger partial charge in [0.05, 0.1) is 12.5 Å². The van der Waals surface area contributed by atoms with Crippen LogP contribution in [0.1, 0.15) is 5.56 Å². The summed E-state index contributed by atoms with van der Waals surface area (Å²) >= 11 is 0. The van der Waals surface area contributed by atoms with Crippen LogP contribution in [0.25, 0.3) is 6.08 Å². The highest BCUT2D eigenvalue weighted by Gasteiger charge is 2.34. The fourth-order valence-corrected chi connectivity index (χ4v) is 5.29. The molecule has 0 spiro atoms. The van der Waals surface area contributed by atoms with E-state index in [1.165, 1.54) is 16.2 Å². The van der Waals surface area contributed by atoms with Crippen LogP contribution in [-0.2, 0) is 0 Å². The van der Waals surface area contributed by atoms with E-state index in [-0.39, 0.29) is 0 Å². The molecule has 108 valence electrons. The molecule has 0 aliphatic carbocycles. The van der Waals surface area contributed by atoms with Crippen LogP contribution in [0, 0.1) is 0 Å². The third-order valence-electron chi connectivity index (χ3n) is 3.95. The van der Waals surface area contributed by atoms with E-state index in [0.717, 1.165) is 0 Å². The molecule has 0 N–H and O–H groups in total. The average Bonchev–Trinajstić information content (AvgIpc) is 2.62. The lowest BCUT2D eigenvalue weighted by molar-refractivity contribution is 1.66. The minimum absolute atomic E-state index is 1.25. The van der Waals surface area contributed by atoms with Crippen molar-refractivity contribution in [2.75, 3.05) is 6.66 Å². The van der Waals surface area contributed by atoms with Crippen molar-refractivity contribution in [1.29, 1.82) is 0 Å². The normalized spacial score (nSPS) is 11.7. The summed E-state index contributed by atoms with van der Waals surface area (Å²) in [7, 11) is -1.52. The lowest BCUT2D eigenvalue weighted by atomic mass is 10.2. The van der Waals surface area contributed by atoms with E-state index in [9.17, 15) is 0 Å². The van der Waals surface area contributed by atoms with E-state index in [1.807, 2.05) is 0 Å². The molecule has 0 radical (unpaired) electrons. The van der Waals surface area contributed by atoms with Crippen molar-refractivity contribution >= 4 is 23.9 Å². The Morgan fingerprint density at radius 3 is 1.45 bits per heavy atom. The highest BCUT2D eigenvalue weighted by atomic mass is 31.2. The zero-order valence-corrected chi connectivity index (χ0v) is 13.7. The first-order valence-electron chi connectivity index (χ1n) is 7.51. The molecule has 0 saturated heterocycles. The first-order valence-corrected chi connectivity index (χ1v) is 9.81. The molecule has 0 aromatic heterocycles. The molecule has 1 heteroatoms. The second kappa shape index (κ2) is 6.73. The molecule has 0 aliphatic rings. The standard InChI is InChI=1S/C21H20P/c1-22(20-13-7-3-8-14-20,21-15-9-4-10-16-21)18-17-19-11-5-2-6-12-19/h2-18H,1H3/q+1/b18-17-. The molecular weight excluding hydrogens is 283 g/mol. The molecule has 0 nitrogen and oxygen atoms in total. The Morgan fingerprint density at radius 1 is 0.591 bits per heavy atom. The Bertz CT molecular complexity index is 691. The van der Waals surface area contributed by atoms with Gasteiger partial charge in [-0.05, 0) is 35.9 Å². The van der Waals surface area contributed by atoms with Gasteiger partial charge in [0.1, 0.15) is 17.9 Å². The van der Waals surface area contributed by atoms with E-state index in [2.05, 4.69) is 110 Å². The average molecular weight is 303 g/mol. The van der Waals surface area contributed by atoms with Gasteiger partial charge in [0.15, 0.2) is 0 Å². The molecule has 0 heterocycles. The van der Waals surface area contributed by atoms with Gasteiger partial charge in [-0.1, -0.05) is 66.7 Å². The van der Waals surface area contributed by atoms with Crippen molar-refractivity contribution in [1.82, 2.24) is 0 Å². The van der Waals surface area contributed by atoms with Gasteiger partial charge >= 0.3 is 0 Å². The van der Waals surface area contributed by atoms with Gasteiger partial charge < -0.3 is 0 Å². The number of hydrogen-bond acceptors (Lipinski definition) is 0. The summed E-state index contributed by atoms with van der Waals surface area (Å²) in [4.78, 5) is 0. The number of benzene rings is 3. The van der Waals surface area contributed by atoms with Gasteiger partial charge in [0, 0.05) is 0 Å². The van der Waals surface area contributed by atoms with Gasteiger partial charge in [-0.2, -0.15) is 0 Å². The van der Waals surface area contributed by atoms with Gasteiger partial charge in [-0.25, -0.2) is 0 Å². The Kier molecular flexibility index (Phi) is 4.51. The van der Waals surface area contributed by atoms with Crippen LogP contribution >= 0.6 is 7.26 Å². The predicted molar refractivity (Wildman–Crippen MR) is 100 cm³/mol. The molecule has 0 bridgehead atoms. The quantitative estimate of drug-likeness (QED) is 0.598. The Balaban J connectivity index is 2.06. The van der Waals surface area contributed by atoms with E-state index in [1.54, 1.807) is 0 Å². The molecule has 22 heavy (non-hydrogen) atoms. The summed E-state index contributed by atoms with van der Waals surface area (Å²) < 4.78 is 0. The second-order valence-electron chi connectivity index (χ2n) is 5.47. The van der Waals surface area contributed by atoms with Crippen molar-refractivity contribution in [2.45, 2.75) is 0 Å². The first-order chi connectivity index (χ1) is 10.8. The third-order valence-corrected chi connectivity index (χ3v) is 7.44. The largest absolute Gasteiger partial charge is 0.103 e. The number of hydrogen-bond donors (Lipinski definition) is 0. The minimum Gasteiger partial charge on any atom is -0.0622 e. The van der Waals surface area contributed by atoms with Crippen LogP contribution in [0.5, 0.6) is 0 Å². The third kappa shape index (κ3) is 3.18. The zero-order chi connectivity index (χ0) is 15.3. The fourth-order valence-electron chi connectivity index (χ4n) is 2.60. The van der Waals surface area contributed by atoms with Gasteiger partial charge in [-0.15, -0.1) is 0 Å². The zero-order valence-electron chi connectivity index (χ0n) is 12.8. The molecule has 0 atom stereocenters.